The van der Waals surface area contributed by atoms with Crippen LogP contribution in [0.5, 0.6) is 0 Å². The van der Waals surface area contributed by atoms with Crippen LogP contribution in [-0.2, 0) is 10.0 Å². The fourth-order valence-corrected chi connectivity index (χ4v) is 3.65. The SMILES string of the molecule is Cc1ccc(S(=O)(=O)NCCC[NH2+]C(C)C(O)c2ccccc2)cc1.[Cl-]. The topological polar surface area (TPSA) is 83.0 Å². The van der Waals surface area contributed by atoms with Gasteiger partial charge in [-0.15, -0.1) is 0 Å². The van der Waals surface area contributed by atoms with E-state index in [0.29, 0.717) is 13.0 Å². The molecule has 0 saturated heterocycles. The van der Waals surface area contributed by atoms with Gasteiger partial charge in [0, 0.05) is 13.0 Å². The summed E-state index contributed by atoms with van der Waals surface area (Å²) >= 11 is 0. The summed E-state index contributed by atoms with van der Waals surface area (Å²) < 4.78 is 27.0. The first-order valence-electron chi connectivity index (χ1n) is 8.53. The highest BCUT2D eigenvalue weighted by Gasteiger charge is 2.18. The number of hydrogen-bond acceptors (Lipinski definition) is 3. The number of nitrogens with one attached hydrogen (secondary N) is 1. The smallest absolute Gasteiger partial charge is 0.240 e. The Hall–Kier alpha value is -1.44. The zero-order valence-electron chi connectivity index (χ0n) is 15.1. The maximum Gasteiger partial charge on any atom is 0.240 e. The Balaban J connectivity index is 0.00000338. The molecule has 0 spiro atoms. The standard InChI is InChI=1S/C19H26N2O3S.ClH/c1-15-9-11-18(12-10-15)25(23,24)21-14-6-13-20-16(2)19(22)17-7-4-3-5-8-17;/h3-5,7-12,16,19-22H,6,13-14H2,1-2H3;1H. The van der Waals surface area contributed by atoms with Crippen LogP contribution in [0.1, 0.15) is 30.6 Å². The fraction of sp³-hybridized carbons (Fsp3) is 0.368. The lowest BCUT2D eigenvalue weighted by Crippen LogP contribution is -3.00. The first-order chi connectivity index (χ1) is 11.9. The van der Waals surface area contributed by atoms with E-state index in [0.717, 1.165) is 17.7 Å². The number of aryl methyl sites for hydroxylation is 1. The van der Waals surface area contributed by atoms with Gasteiger partial charge in [0.25, 0.3) is 0 Å². The van der Waals surface area contributed by atoms with Crippen molar-refractivity contribution >= 4 is 10.0 Å². The van der Waals surface area contributed by atoms with E-state index in [2.05, 4.69) is 4.72 Å². The van der Waals surface area contributed by atoms with Crippen molar-refractivity contribution in [3.05, 3.63) is 65.7 Å². The molecule has 2 atom stereocenters. The first kappa shape index (κ1) is 22.6. The molecule has 0 amide bonds. The van der Waals surface area contributed by atoms with Crippen molar-refractivity contribution < 1.29 is 31.2 Å². The maximum absolute atomic E-state index is 12.2. The van der Waals surface area contributed by atoms with Crippen LogP contribution in [0.25, 0.3) is 0 Å². The normalized spacial score (nSPS) is 13.7. The molecule has 0 heterocycles. The van der Waals surface area contributed by atoms with Gasteiger partial charge in [-0.2, -0.15) is 0 Å². The highest BCUT2D eigenvalue weighted by atomic mass is 35.5. The number of quaternary nitrogens is 1. The average Bonchev–Trinajstić information content (AvgIpc) is 2.61. The molecule has 5 nitrogen and oxygen atoms in total. The van der Waals surface area contributed by atoms with Crippen LogP contribution < -0.4 is 22.4 Å². The lowest BCUT2D eigenvalue weighted by Gasteiger charge is -2.17. The van der Waals surface area contributed by atoms with E-state index in [1.807, 2.05) is 49.5 Å². The summed E-state index contributed by atoms with van der Waals surface area (Å²) in [7, 11) is -3.45. The number of hydrogen-bond donors (Lipinski definition) is 3. The van der Waals surface area contributed by atoms with Crippen molar-refractivity contribution in [3.8, 4) is 0 Å². The molecule has 144 valence electrons. The van der Waals surface area contributed by atoms with Gasteiger partial charge in [-0.05, 0) is 31.5 Å². The van der Waals surface area contributed by atoms with Gasteiger partial charge in [0.1, 0.15) is 12.1 Å². The van der Waals surface area contributed by atoms with Gasteiger partial charge < -0.3 is 22.8 Å². The highest BCUT2D eigenvalue weighted by molar-refractivity contribution is 7.89. The molecule has 0 aliphatic rings. The van der Waals surface area contributed by atoms with E-state index >= 15 is 0 Å². The number of aliphatic hydroxyl groups excluding tert-OH is 1. The quantitative estimate of drug-likeness (QED) is 0.443. The largest absolute Gasteiger partial charge is 1.00 e. The van der Waals surface area contributed by atoms with Gasteiger partial charge in [0.15, 0.2) is 0 Å². The average molecular weight is 399 g/mol. The molecule has 2 rings (SSSR count). The Kier molecular flexibility index (Phi) is 9.25. The van der Waals surface area contributed by atoms with Gasteiger partial charge in [-0.3, -0.25) is 0 Å². The van der Waals surface area contributed by atoms with Gasteiger partial charge in [0.05, 0.1) is 11.4 Å². The minimum absolute atomic E-state index is 0. The number of benzene rings is 2. The monoisotopic (exact) mass is 398 g/mol. The predicted molar refractivity (Wildman–Crippen MR) is 98.6 cm³/mol. The van der Waals surface area contributed by atoms with Crippen molar-refractivity contribution in [1.29, 1.82) is 0 Å². The van der Waals surface area contributed by atoms with E-state index in [4.69, 9.17) is 0 Å². The molecular formula is C19H27ClN2O3S. The minimum atomic E-state index is -3.45. The molecule has 0 aliphatic carbocycles. The molecule has 0 radical (unpaired) electrons. The Labute approximate surface area is 162 Å². The van der Waals surface area contributed by atoms with Crippen molar-refractivity contribution in [2.24, 2.45) is 0 Å². The Morgan fingerprint density at radius 2 is 1.69 bits per heavy atom. The van der Waals surface area contributed by atoms with Crippen molar-refractivity contribution in [2.75, 3.05) is 13.1 Å². The Morgan fingerprint density at radius 1 is 1.08 bits per heavy atom. The van der Waals surface area contributed by atoms with Crippen molar-refractivity contribution in [1.82, 2.24) is 4.72 Å². The summed E-state index contributed by atoms with van der Waals surface area (Å²) in [6.45, 7) is 5.00. The molecule has 0 aromatic heterocycles. The fourth-order valence-electron chi connectivity index (χ4n) is 2.57. The molecule has 0 bridgehead atoms. The second-order valence-electron chi connectivity index (χ2n) is 6.30. The summed E-state index contributed by atoms with van der Waals surface area (Å²) in [5.74, 6) is 0. The summed E-state index contributed by atoms with van der Waals surface area (Å²) in [5, 5.41) is 12.3. The van der Waals surface area contributed by atoms with E-state index in [1.165, 1.54) is 0 Å². The van der Waals surface area contributed by atoms with Crippen LogP contribution in [0.4, 0.5) is 0 Å². The summed E-state index contributed by atoms with van der Waals surface area (Å²) in [5.41, 5.74) is 1.92. The number of sulfonamides is 1. The van der Waals surface area contributed by atoms with Gasteiger partial charge in [0.2, 0.25) is 10.0 Å². The van der Waals surface area contributed by atoms with E-state index in [1.54, 1.807) is 24.3 Å². The maximum atomic E-state index is 12.2. The second-order valence-corrected chi connectivity index (χ2v) is 8.07. The predicted octanol–water partition coefficient (Wildman–Crippen LogP) is -1.65. The van der Waals surface area contributed by atoms with Gasteiger partial charge >= 0.3 is 0 Å². The number of nitrogens with two attached hydrogens (primary N) is 1. The molecular weight excluding hydrogens is 372 g/mol. The van der Waals surface area contributed by atoms with Crippen molar-refractivity contribution in [2.45, 2.75) is 37.3 Å². The summed E-state index contributed by atoms with van der Waals surface area (Å²) in [6, 6.07) is 16.4. The molecule has 2 aromatic rings. The van der Waals surface area contributed by atoms with Gasteiger partial charge in [-0.25, -0.2) is 13.1 Å². The van der Waals surface area contributed by atoms with E-state index < -0.39 is 16.1 Å². The molecule has 7 heteroatoms. The Bertz CT molecular complexity index is 752. The molecule has 0 aliphatic heterocycles. The number of rotatable bonds is 9. The summed E-state index contributed by atoms with van der Waals surface area (Å²) in [4.78, 5) is 0.287. The number of aliphatic hydroxyl groups is 1. The van der Waals surface area contributed by atoms with Crippen LogP contribution in [0.2, 0.25) is 0 Å². The third-order valence-electron chi connectivity index (χ3n) is 4.18. The van der Waals surface area contributed by atoms with E-state index in [-0.39, 0.29) is 23.3 Å². The van der Waals surface area contributed by atoms with Crippen LogP contribution in [0.15, 0.2) is 59.5 Å². The highest BCUT2D eigenvalue weighted by Crippen LogP contribution is 2.13. The molecule has 2 unspecified atom stereocenters. The lowest BCUT2D eigenvalue weighted by atomic mass is 10.0. The second kappa shape index (κ2) is 10.6. The molecule has 26 heavy (non-hydrogen) atoms. The number of halogens is 1. The Morgan fingerprint density at radius 3 is 2.31 bits per heavy atom. The van der Waals surface area contributed by atoms with E-state index in [9.17, 15) is 13.5 Å². The first-order valence-corrected chi connectivity index (χ1v) is 10.0. The van der Waals surface area contributed by atoms with Crippen LogP contribution in [0.3, 0.4) is 0 Å². The minimum Gasteiger partial charge on any atom is -1.00 e. The third-order valence-corrected chi connectivity index (χ3v) is 5.66. The van der Waals surface area contributed by atoms with Crippen LogP contribution in [-0.4, -0.2) is 32.7 Å². The zero-order valence-corrected chi connectivity index (χ0v) is 16.7. The molecule has 4 N–H and O–H groups in total. The summed E-state index contributed by atoms with van der Waals surface area (Å²) in [6.07, 6.45) is 0.155. The van der Waals surface area contributed by atoms with Gasteiger partial charge in [-0.1, -0.05) is 48.0 Å². The molecule has 0 fully saturated rings. The van der Waals surface area contributed by atoms with Crippen LogP contribution >= 0.6 is 0 Å². The van der Waals surface area contributed by atoms with Crippen molar-refractivity contribution in [3.63, 3.8) is 0 Å². The zero-order chi connectivity index (χ0) is 18.3. The lowest BCUT2D eigenvalue weighted by molar-refractivity contribution is -0.694. The third kappa shape index (κ3) is 6.70. The molecule has 2 aromatic carbocycles. The van der Waals surface area contributed by atoms with Crippen LogP contribution in [0, 0.1) is 6.92 Å². The molecule has 0 saturated carbocycles.